The van der Waals surface area contributed by atoms with Crippen molar-refractivity contribution in [2.24, 2.45) is 11.8 Å². The monoisotopic (exact) mass is 796 g/mol. The smallest absolute Gasteiger partial charge is 0.326 e. The van der Waals surface area contributed by atoms with E-state index in [1.54, 1.807) is 34.6 Å². The Kier molecular flexibility index (Phi) is 15.3. The van der Waals surface area contributed by atoms with Crippen LogP contribution in [0.3, 0.4) is 0 Å². The maximum Gasteiger partial charge on any atom is 0.326 e. The molecular formula is C36H53ClN6O12. The van der Waals surface area contributed by atoms with Gasteiger partial charge in [0.05, 0.1) is 11.4 Å². The molecule has 1 fully saturated rings. The van der Waals surface area contributed by atoms with E-state index in [1.165, 1.54) is 31.0 Å². The first kappa shape index (κ1) is 44.7. The van der Waals surface area contributed by atoms with E-state index in [0.29, 0.717) is 12.8 Å². The van der Waals surface area contributed by atoms with Gasteiger partial charge in [-0.3, -0.25) is 28.8 Å². The van der Waals surface area contributed by atoms with Crippen molar-refractivity contribution in [1.82, 2.24) is 31.5 Å². The summed E-state index contributed by atoms with van der Waals surface area (Å²) in [7, 11) is 1.44. The number of amides is 5. The standard InChI is InChI=1S/C36H53ClN6O12/c1-8-17(5)25(32(50)39-20(35(53)54)15-23(44)45)41-30(48)21-11-10-12-43(21)34(52)29-36(6,9-2)55-22-14-18(13-19(37)28(22)47)27(46)26(38-7)33(51)40-24(16(3)4)31(49)42-29/h13-14,16-17,20-21,24-27,29,38,46-47H,8-12,15H2,1-7H3,(H,39,50)(H,40,51)(H,41,48)(H,42,49)(H,44,45)(H,53,54)/t17-,20?,21-,24-,25-,26-,27-,29+,36+/m0/s1. The van der Waals surface area contributed by atoms with Crippen molar-refractivity contribution in [2.45, 2.75) is 122 Å². The van der Waals surface area contributed by atoms with Gasteiger partial charge >= 0.3 is 11.9 Å². The molecule has 0 aromatic heterocycles. The number of fused-ring (bicyclic) bond motifs is 2. The first-order valence-corrected chi connectivity index (χ1v) is 18.6. The minimum Gasteiger partial charge on any atom is -0.503 e. The van der Waals surface area contributed by atoms with Gasteiger partial charge in [-0.05, 0) is 62.8 Å². The zero-order valence-electron chi connectivity index (χ0n) is 32.0. The topological polar surface area (TPSA) is 273 Å². The lowest BCUT2D eigenvalue weighted by Crippen LogP contribution is -2.66. The third-order valence-corrected chi connectivity index (χ3v) is 10.7. The summed E-state index contributed by atoms with van der Waals surface area (Å²) in [5, 5.41) is 53.6. The number of carboxylic acids is 2. The highest BCUT2D eigenvalue weighted by atomic mass is 35.5. The number of nitrogens with zero attached hydrogens (tertiary/aromatic N) is 1. The number of aliphatic carboxylic acids is 2. The summed E-state index contributed by atoms with van der Waals surface area (Å²) in [6, 6.07) is -5.74. The van der Waals surface area contributed by atoms with Crippen molar-refractivity contribution in [2.75, 3.05) is 13.6 Å². The molecule has 3 rings (SSSR count). The molecule has 9 N–H and O–H groups in total. The molecule has 1 aromatic rings. The van der Waals surface area contributed by atoms with Crippen molar-refractivity contribution in [3.05, 3.63) is 22.7 Å². The molecule has 1 saturated heterocycles. The van der Waals surface area contributed by atoms with Crippen LogP contribution < -0.4 is 31.3 Å². The van der Waals surface area contributed by atoms with Crippen LogP contribution in [0.5, 0.6) is 11.5 Å². The minimum atomic E-state index is -1.76. The highest BCUT2D eigenvalue weighted by Gasteiger charge is 2.49. The van der Waals surface area contributed by atoms with Crippen molar-refractivity contribution in [1.29, 1.82) is 0 Å². The van der Waals surface area contributed by atoms with Crippen LogP contribution in [-0.2, 0) is 33.6 Å². The number of carbonyl (C=O) groups is 7. The Morgan fingerprint density at radius 3 is 2.25 bits per heavy atom. The van der Waals surface area contributed by atoms with Crippen LogP contribution in [-0.4, -0.2) is 122 Å². The molecule has 306 valence electrons. The van der Waals surface area contributed by atoms with Crippen LogP contribution in [0.2, 0.25) is 5.02 Å². The van der Waals surface area contributed by atoms with Gasteiger partial charge in [-0.15, -0.1) is 0 Å². The van der Waals surface area contributed by atoms with E-state index in [1.807, 2.05) is 0 Å². The number of hydrogen-bond donors (Lipinski definition) is 9. The lowest BCUT2D eigenvalue weighted by Gasteiger charge is -2.40. The number of benzene rings is 1. The van der Waals surface area contributed by atoms with Crippen LogP contribution in [0.4, 0.5) is 0 Å². The first-order chi connectivity index (χ1) is 25.7. The lowest BCUT2D eigenvalue weighted by atomic mass is 9.90. The average Bonchev–Trinajstić information content (AvgIpc) is 3.62. The molecule has 19 heteroatoms. The summed E-state index contributed by atoms with van der Waals surface area (Å²) in [6.45, 7) is 9.95. The molecule has 2 heterocycles. The Bertz CT molecular complexity index is 1640. The molecule has 2 aliphatic rings. The van der Waals surface area contributed by atoms with Crippen molar-refractivity contribution < 1.29 is 58.7 Å². The summed E-state index contributed by atoms with van der Waals surface area (Å²) >= 11 is 6.36. The quantitative estimate of drug-likeness (QED) is 0.131. The van der Waals surface area contributed by atoms with E-state index in [-0.39, 0.29) is 35.7 Å². The Balaban J connectivity index is 2.07. The second kappa shape index (κ2) is 18.8. The summed E-state index contributed by atoms with van der Waals surface area (Å²) < 4.78 is 6.34. The number of ether oxygens (including phenoxy) is 1. The summed E-state index contributed by atoms with van der Waals surface area (Å²) in [5.74, 6) is -8.82. The summed E-state index contributed by atoms with van der Waals surface area (Å²) in [6.07, 6.45) is -1.52. The molecule has 5 amide bonds. The molecule has 18 nitrogen and oxygen atoms in total. The lowest BCUT2D eigenvalue weighted by molar-refractivity contribution is -0.148. The molecule has 1 aromatic carbocycles. The highest BCUT2D eigenvalue weighted by molar-refractivity contribution is 6.32. The number of likely N-dealkylation sites (N-methyl/N-ethyl adjacent to an activating group) is 1. The molecule has 55 heavy (non-hydrogen) atoms. The largest absolute Gasteiger partial charge is 0.503 e. The second-order valence-corrected chi connectivity index (χ2v) is 15.0. The van der Waals surface area contributed by atoms with E-state index >= 15 is 0 Å². The Morgan fingerprint density at radius 1 is 1.05 bits per heavy atom. The number of hydrogen-bond acceptors (Lipinski definition) is 11. The molecule has 9 atom stereocenters. The first-order valence-electron chi connectivity index (χ1n) is 18.2. The van der Waals surface area contributed by atoms with Crippen LogP contribution in [0, 0.1) is 11.8 Å². The predicted molar refractivity (Wildman–Crippen MR) is 197 cm³/mol. The third kappa shape index (κ3) is 10.3. The number of carboxylic acid groups (broad SMARTS) is 2. The van der Waals surface area contributed by atoms with Gasteiger partial charge < -0.3 is 56.6 Å². The Hall–Kier alpha value is -4.68. The van der Waals surface area contributed by atoms with Crippen molar-refractivity contribution in [3.63, 3.8) is 0 Å². The maximum absolute atomic E-state index is 14.7. The molecule has 1 unspecified atom stereocenters. The molecule has 0 saturated carbocycles. The van der Waals surface area contributed by atoms with Gasteiger partial charge in [-0.25, -0.2) is 4.79 Å². The van der Waals surface area contributed by atoms with Crippen LogP contribution >= 0.6 is 11.6 Å². The molecule has 2 bridgehead atoms. The number of phenols is 1. The molecule has 0 aliphatic carbocycles. The number of likely N-dealkylation sites (tertiary alicyclic amines) is 1. The van der Waals surface area contributed by atoms with Crippen molar-refractivity contribution in [3.8, 4) is 11.5 Å². The Labute approximate surface area is 324 Å². The molecular weight excluding hydrogens is 744 g/mol. The van der Waals surface area contributed by atoms with E-state index in [2.05, 4.69) is 26.6 Å². The van der Waals surface area contributed by atoms with Gasteiger partial charge in [-0.1, -0.05) is 52.6 Å². The third-order valence-electron chi connectivity index (χ3n) is 10.4. The number of aliphatic hydroxyl groups is 1. The number of nitrogens with one attached hydrogen (secondary N) is 5. The summed E-state index contributed by atoms with van der Waals surface area (Å²) in [5.41, 5.74) is -1.57. The normalized spacial score (nSPS) is 26.1. The van der Waals surface area contributed by atoms with Crippen LogP contribution in [0.25, 0.3) is 0 Å². The SMILES string of the molecule is CC[C@H](C)[C@H](NC(=O)[C@@H]1CCCN1C(=O)[C@H]1NC(=O)[C@H](C(C)C)NC(=O)[C@@H](NC)[C@@H](O)c2cc(Cl)c(O)c(c2)O[C@]1(C)CC)C(=O)NC(CC(=O)O)C(=O)O. The minimum absolute atomic E-state index is 0.0351. The molecule has 0 radical (unpaired) electrons. The highest BCUT2D eigenvalue weighted by Crippen LogP contribution is 2.41. The van der Waals surface area contributed by atoms with Crippen molar-refractivity contribution >= 4 is 53.1 Å². The van der Waals surface area contributed by atoms with Gasteiger partial charge in [0.15, 0.2) is 11.5 Å². The van der Waals surface area contributed by atoms with E-state index in [4.69, 9.17) is 21.4 Å². The number of halogens is 1. The van der Waals surface area contributed by atoms with Crippen LogP contribution in [0.15, 0.2) is 12.1 Å². The number of phenolic OH excluding ortho intramolecular Hbond substituents is 1. The molecule has 2 aliphatic heterocycles. The second-order valence-electron chi connectivity index (χ2n) is 14.6. The van der Waals surface area contributed by atoms with Gasteiger partial charge in [0.2, 0.25) is 29.5 Å². The van der Waals surface area contributed by atoms with Gasteiger partial charge in [0.1, 0.15) is 48.0 Å². The zero-order valence-corrected chi connectivity index (χ0v) is 32.7. The van der Waals surface area contributed by atoms with Gasteiger partial charge in [0, 0.05) is 6.54 Å². The van der Waals surface area contributed by atoms with Crippen LogP contribution in [0.1, 0.15) is 85.3 Å². The Morgan fingerprint density at radius 2 is 1.71 bits per heavy atom. The fourth-order valence-corrected chi connectivity index (χ4v) is 6.81. The predicted octanol–water partition coefficient (Wildman–Crippen LogP) is 0.420. The number of rotatable bonds is 13. The van der Waals surface area contributed by atoms with Gasteiger partial charge in [-0.2, -0.15) is 0 Å². The number of aromatic hydroxyl groups is 1. The maximum atomic E-state index is 14.7. The summed E-state index contributed by atoms with van der Waals surface area (Å²) in [4.78, 5) is 93.7. The van der Waals surface area contributed by atoms with E-state index < -0.39 is 113 Å². The fourth-order valence-electron chi connectivity index (χ4n) is 6.60. The molecule has 0 spiro atoms. The number of carbonyl (C=O) groups excluding carboxylic acids is 5. The average molecular weight is 797 g/mol. The number of aliphatic hydroxyl groups excluding tert-OH is 1. The van der Waals surface area contributed by atoms with E-state index in [0.717, 1.165) is 0 Å². The fraction of sp³-hybridized carbons (Fsp3) is 0.639. The van der Waals surface area contributed by atoms with Gasteiger partial charge in [0.25, 0.3) is 0 Å². The zero-order chi connectivity index (χ0) is 41.5. The van der Waals surface area contributed by atoms with E-state index in [9.17, 15) is 48.9 Å².